The van der Waals surface area contributed by atoms with Gasteiger partial charge in [0.25, 0.3) is 0 Å². The van der Waals surface area contributed by atoms with Crippen LogP contribution in [0, 0.1) is 13.8 Å². The van der Waals surface area contributed by atoms with E-state index >= 15 is 0 Å². The summed E-state index contributed by atoms with van der Waals surface area (Å²) in [5.74, 6) is 0. The Balaban J connectivity index is 2.82. The van der Waals surface area contributed by atoms with Crippen molar-refractivity contribution in [3.63, 3.8) is 0 Å². The van der Waals surface area contributed by atoms with E-state index in [1.165, 1.54) is 16.6 Å². The van der Waals surface area contributed by atoms with Crippen LogP contribution in [0.4, 0.5) is 0 Å². The fourth-order valence-electron chi connectivity index (χ4n) is 2.06. The SMILES string of the molecule is CCCn1c(C)c(C)c2ccnc(Cl)c21. The van der Waals surface area contributed by atoms with Crippen molar-refractivity contribution in [3.8, 4) is 0 Å². The van der Waals surface area contributed by atoms with Crippen LogP contribution >= 0.6 is 11.6 Å². The smallest absolute Gasteiger partial charge is 0.153 e. The molecule has 15 heavy (non-hydrogen) atoms. The van der Waals surface area contributed by atoms with Crippen LogP contribution in [0.2, 0.25) is 5.15 Å². The molecule has 0 bridgehead atoms. The molecule has 0 aliphatic heterocycles. The lowest BCUT2D eigenvalue weighted by Gasteiger charge is -2.06. The Morgan fingerprint density at radius 3 is 2.80 bits per heavy atom. The average molecular weight is 223 g/mol. The lowest BCUT2D eigenvalue weighted by atomic mass is 10.2. The molecule has 0 amide bonds. The van der Waals surface area contributed by atoms with Crippen LogP contribution in [0.25, 0.3) is 10.9 Å². The predicted octanol–water partition coefficient (Wildman–Crippen LogP) is 3.72. The van der Waals surface area contributed by atoms with Crippen LogP contribution in [0.15, 0.2) is 12.3 Å². The summed E-state index contributed by atoms with van der Waals surface area (Å²) < 4.78 is 2.26. The maximum absolute atomic E-state index is 6.15. The molecule has 0 saturated carbocycles. The Morgan fingerprint density at radius 2 is 2.13 bits per heavy atom. The standard InChI is InChI=1S/C12H15ClN2/c1-4-7-15-9(3)8(2)10-5-6-14-12(13)11(10)15/h5-6H,4,7H2,1-3H3. The van der Waals surface area contributed by atoms with E-state index in [4.69, 9.17) is 11.6 Å². The van der Waals surface area contributed by atoms with Crippen LogP contribution in [-0.2, 0) is 6.54 Å². The molecule has 0 spiro atoms. The highest BCUT2D eigenvalue weighted by molar-refractivity contribution is 6.34. The van der Waals surface area contributed by atoms with Gasteiger partial charge in [-0.3, -0.25) is 0 Å². The van der Waals surface area contributed by atoms with Crippen LogP contribution in [0.1, 0.15) is 24.6 Å². The second-order valence-electron chi connectivity index (χ2n) is 3.86. The van der Waals surface area contributed by atoms with Crippen molar-refractivity contribution in [1.29, 1.82) is 0 Å². The largest absolute Gasteiger partial charge is 0.342 e. The fraction of sp³-hybridized carbons (Fsp3) is 0.417. The zero-order valence-corrected chi connectivity index (χ0v) is 10.1. The Morgan fingerprint density at radius 1 is 1.40 bits per heavy atom. The van der Waals surface area contributed by atoms with Crippen molar-refractivity contribution in [2.45, 2.75) is 33.7 Å². The number of aryl methyl sites for hydroxylation is 2. The zero-order valence-electron chi connectivity index (χ0n) is 9.34. The molecule has 0 aromatic carbocycles. The summed E-state index contributed by atoms with van der Waals surface area (Å²) >= 11 is 6.15. The molecule has 2 rings (SSSR count). The maximum Gasteiger partial charge on any atom is 0.153 e. The van der Waals surface area contributed by atoms with E-state index in [2.05, 4.69) is 30.3 Å². The van der Waals surface area contributed by atoms with Crippen LogP contribution < -0.4 is 0 Å². The van der Waals surface area contributed by atoms with Crippen molar-refractivity contribution >= 4 is 22.5 Å². The first-order chi connectivity index (χ1) is 7.16. The van der Waals surface area contributed by atoms with E-state index in [0.717, 1.165) is 18.5 Å². The molecular weight excluding hydrogens is 208 g/mol. The quantitative estimate of drug-likeness (QED) is 0.709. The molecule has 0 atom stereocenters. The topological polar surface area (TPSA) is 17.8 Å². The molecule has 2 aromatic rings. The van der Waals surface area contributed by atoms with Gasteiger partial charge in [0.15, 0.2) is 5.15 Å². The second kappa shape index (κ2) is 3.86. The molecular formula is C12H15ClN2. The zero-order chi connectivity index (χ0) is 11.0. The molecule has 3 heteroatoms. The lowest BCUT2D eigenvalue weighted by molar-refractivity contribution is 0.683. The Hall–Kier alpha value is -1.02. The van der Waals surface area contributed by atoms with Crippen molar-refractivity contribution in [2.24, 2.45) is 0 Å². The van der Waals surface area contributed by atoms with Crippen LogP contribution in [-0.4, -0.2) is 9.55 Å². The minimum absolute atomic E-state index is 0.608. The van der Waals surface area contributed by atoms with Gasteiger partial charge in [0, 0.05) is 23.8 Å². The molecule has 80 valence electrons. The minimum atomic E-state index is 0.608. The van der Waals surface area contributed by atoms with Gasteiger partial charge in [-0.25, -0.2) is 4.98 Å². The van der Waals surface area contributed by atoms with Crippen LogP contribution in [0.3, 0.4) is 0 Å². The summed E-state index contributed by atoms with van der Waals surface area (Å²) in [6.45, 7) is 7.45. The normalized spacial score (nSPS) is 11.2. The highest BCUT2D eigenvalue weighted by Gasteiger charge is 2.12. The van der Waals surface area contributed by atoms with Gasteiger partial charge in [0.1, 0.15) is 0 Å². The highest BCUT2D eigenvalue weighted by Crippen LogP contribution is 2.29. The Bertz CT molecular complexity index is 500. The fourth-order valence-corrected chi connectivity index (χ4v) is 2.32. The first kappa shape index (κ1) is 10.5. The number of pyridine rings is 1. The molecule has 0 aliphatic rings. The summed E-state index contributed by atoms with van der Waals surface area (Å²) in [6.07, 6.45) is 2.88. The molecule has 0 radical (unpaired) electrons. The molecule has 0 N–H and O–H groups in total. The summed E-state index contributed by atoms with van der Waals surface area (Å²) in [5, 5.41) is 1.83. The molecule has 0 fully saturated rings. The summed E-state index contributed by atoms with van der Waals surface area (Å²) in [7, 11) is 0. The summed E-state index contributed by atoms with van der Waals surface area (Å²) in [4.78, 5) is 4.15. The van der Waals surface area contributed by atoms with Gasteiger partial charge in [-0.2, -0.15) is 0 Å². The number of aromatic nitrogens is 2. The van der Waals surface area contributed by atoms with Crippen molar-refractivity contribution < 1.29 is 0 Å². The third-order valence-corrected chi connectivity index (χ3v) is 3.22. The van der Waals surface area contributed by atoms with E-state index in [-0.39, 0.29) is 0 Å². The number of fused-ring (bicyclic) bond motifs is 1. The highest BCUT2D eigenvalue weighted by atomic mass is 35.5. The third kappa shape index (κ3) is 1.53. The second-order valence-corrected chi connectivity index (χ2v) is 4.22. The van der Waals surface area contributed by atoms with Crippen molar-refractivity contribution in [1.82, 2.24) is 9.55 Å². The van der Waals surface area contributed by atoms with Crippen molar-refractivity contribution in [3.05, 3.63) is 28.7 Å². The number of rotatable bonds is 2. The van der Waals surface area contributed by atoms with E-state index in [0.29, 0.717) is 5.15 Å². The summed E-state index contributed by atoms with van der Waals surface area (Å²) in [5.41, 5.74) is 3.68. The van der Waals surface area contributed by atoms with Gasteiger partial charge >= 0.3 is 0 Å². The van der Waals surface area contributed by atoms with Gasteiger partial charge < -0.3 is 4.57 Å². The maximum atomic E-state index is 6.15. The number of hydrogen-bond acceptors (Lipinski definition) is 1. The predicted molar refractivity (Wildman–Crippen MR) is 64.5 cm³/mol. The monoisotopic (exact) mass is 222 g/mol. The van der Waals surface area contributed by atoms with Gasteiger partial charge in [-0.15, -0.1) is 0 Å². The van der Waals surface area contributed by atoms with Crippen LogP contribution in [0.5, 0.6) is 0 Å². The first-order valence-corrected chi connectivity index (χ1v) is 5.64. The summed E-state index contributed by atoms with van der Waals surface area (Å²) in [6, 6.07) is 2.04. The minimum Gasteiger partial charge on any atom is -0.342 e. The lowest BCUT2D eigenvalue weighted by Crippen LogP contribution is -1.99. The van der Waals surface area contributed by atoms with Gasteiger partial charge in [-0.05, 0) is 31.9 Å². The number of nitrogens with zero attached hydrogens (tertiary/aromatic N) is 2. The molecule has 2 nitrogen and oxygen atoms in total. The Kier molecular flexibility index (Phi) is 2.70. The van der Waals surface area contributed by atoms with Gasteiger partial charge in [0.2, 0.25) is 0 Å². The third-order valence-electron chi connectivity index (χ3n) is 2.95. The molecule has 0 saturated heterocycles. The van der Waals surface area contributed by atoms with E-state index in [9.17, 15) is 0 Å². The van der Waals surface area contributed by atoms with E-state index in [1.807, 2.05) is 6.07 Å². The molecule has 0 unspecified atom stereocenters. The van der Waals surface area contributed by atoms with Gasteiger partial charge in [0.05, 0.1) is 5.52 Å². The van der Waals surface area contributed by atoms with Gasteiger partial charge in [-0.1, -0.05) is 18.5 Å². The van der Waals surface area contributed by atoms with E-state index < -0.39 is 0 Å². The molecule has 2 heterocycles. The molecule has 0 aliphatic carbocycles. The van der Waals surface area contributed by atoms with Crippen molar-refractivity contribution in [2.75, 3.05) is 0 Å². The first-order valence-electron chi connectivity index (χ1n) is 5.26. The van der Waals surface area contributed by atoms with E-state index in [1.54, 1.807) is 6.20 Å². The number of hydrogen-bond donors (Lipinski definition) is 0. The average Bonchev–Trinajstić information content (AvgIpc) is 2.46. The molecule has 2 aromatic heterocycles. The Labute approximate surface area is 94.9 Å². The number of halogens is 1.